The van der Waals surface area contributed by atoms with E-state index in [0.29, 0.717) is 0 Å². The van der Waals surface area contributed by atoms with E-state index in [0.717, 1.165) is 57.4 Å². The molecular weight excluding hydrogens is 730 g/mol. The van der Waals surface area contributed by atoms with Gasteiger partial charge in [-0.2, -0.15) is 0 Å². The molecule has 5 rings (SSSR count). The first kappa shape index (κ1) is 31.7. The van der Waals surface area contributed by atoms with Crippen LogP contribution in [0, 0.1) is 0 Å². The molecule has 0 spiro atoms. The maximum atomic E-state index is 5.63. The smallest absolute Gasteiger partial charge is 0.193 e. The van der Waals surface area contributed by atoms with E-state index in [1.165, 1.54) is 22.5 Å². The van der Waals surface area contributed by atoms with E-state index in [4.69, 9.17) is 18.9 Å². The number of halogens is 2. The van der Waals surface area contributed by atoms with Crippen LogP contribution in [0.25, 0.3) is 21.5 Å². The van der Waals surface area contributed by atoms with Gasteiger partial charge in [0.1, 0.15) is 14.1 Å². The molecule has 0 radical (unpaired) electrons. The summed E-state index contributed by atoms with van der Waals surface area (Å²) in [5, 5.41) is 4.54. The van der Waals surface area contributed by atoms with E-state index in [2.05, 4.69) is 84.2 Å². The fraction of sp³-hybridized carbons (Fsp3) is 0.250. The number of aryl methyl sites for hydroxylation is 2. The Morgan fingerprint density at radius 2 is 0.875 bits per heavy atom. The Kier molecular flexibility index (Phi) is 10.8. The summed E-state index contributed by atoms with van der Waals surface area (Å²) >= 11 is 0. The summed E-state index contributed by atoms with van der Waals surface area (Å²) in [4.78, 5) is 0. The van der Waals surface area contributed by atoms with Crippen molar-refractivity contribution in [3.05, 3.63) is 95.6 Å². The van der Waals surface area contributed by atoms with Crippen molar-refractivity contribution in [2.24, 2.45) is 14.1 Å². The van der Waals surface area contributed by atoms with Crippen LogP contribution in [0.4, 0.5) is 0 Å². The quantitative estimate of drug-likeness (QED) is 0.148. The molecule has 0 aliphatic carbocycles. The van der Waals surface area contributed by atoms with Crippen molar-refractivity contribution in [1.82, 2.24) is 0 Å². The van der Waals surface area contributed by atoms with E-state index in [9.17, 15) is 0 Å². The zero-order valence-corrected chi connectivity index (χ0v) is 27.9. The monoisotopic (exact) mass is 764 g/mol. The molecule has 6 nitrogen and oxygen atoms in total. The SMILES string of the molecule is COc1cc2cc[n+](C)c(Cc3ccccc3Cc3c4cc(OC)c(OC)cc4cc[n+]3C)c2cc1OC.[I-].[I-]. The molecule has 0 saturated carbocycles. The molecule has 0 saturated heterocycles. The molecule has 0 atom stereocenters. The molecule has 0 amide bonds. The lowest BCUT2D eigenvalue weighted by molar-refractivity contribution is -0.677. The van der Waals surface area contributed by atoms with Gasteiger partial charge in [-0.15, -0.1) is 0 Å². The zero-order chi connectivity index (χ0) is 26.8. The van der Waals surface area contributed by atoms with E-state index in [-0.39, 0.29) is 48.0 Å². The summed E-state index contributed by atoms with van der Waals surface area (Å²) in [5.74, 6) is 2.92. The predicted octanol–water partition coefficient (Wildman–Crippen LogP) is -1.13. The standard InChI is InChI=1S/C32H34N2O4.2HI/c1-33-13-11-23-17-29(35-3)31(37-5)19-25(23)27(33)15-21-9-7-8-10-22(21)16-28-26-20-32(38-6)30(36-4)18-24(26)12-14-34(28)2;;/h7-14,17-20H,15-16H2,1-6H3;2*1H/q+2;;/p-2. The Bertz CT molecular complexity index is 1530. The average molecular weight is 764 g/mol. The van der Waals surface area contributed by atoms with Gasteiger partial charge in [0.25, 0.3) is 0 Å². The third-order valence-electron chi connectivity index (χ3n) is 7.37. The first-order chi connectivity index (χ1) is 18.5. The highest BCUT2D eigenvalue weighted by atomic mass is 127. The molecule has 5 aromatic rings. The highest BCUT2D eigenvalue weighted by molar-refractivity contribution is 5.88. The summed E-state index contributed by atoms with van der Waals surface area (Å²) in [7, 11) is 10.9. The van der Waals surface area contributed by atoms with Crippen LogP contribution in [0.1, 0.15) is 22.5 Å². The Labute approximate surface area is 269 Å². The van der Waals surface area contributed by atoms with Gasteiger partial charge in [0, 0.05) is 12.1 Å². The van der Waals surface area contributed by atoms with E-state index < -0.39 is 0 Å². The van der Waals surface area contributed by atoms with Gasteiger partial charge < -0.3 is 66.9 Å². The van der Waals surface area contributed by atoms with Gasteiger partial charge in [-0.3, -0.25) is 0 Å². The van der Waals surface area contributed by atoms with Crippen molar-refractivity contribution >= 4 is 21.5 Å². The summed E-state index contributed by atoms with van der Waals surface area (Å²) < 4.78 is 26.7. The van der Waals surface area contributed by atoms with Gasteiger partial charge in [-0.05, 0) is 46.2 Å². The predicted molar refractivity (Wildman–Crippen MR) is 149 cm³/mol. The number of rotatable bonds is 8. The summed E-state index contributed by atoms with van der Waals surface area (Å²) in [6.45, 7) is 0. The Morgan fingerprint density at radius 1 is 0.525 bits per heavy atom. The third-order valence-corrected chi connectivity index (χ3v) is 7.37. The largest absolute Gasteiger partial charge is 1.00 e. The van der Waals surface area contributed by atoms with Crippen LogP contribution in [-0.4, -0.2) is 28.4 Å². The van der Waals surface area contributed by atoms with Crippen LogP contribution < -0.4 is 76.0 Å². The minimum absolute atomic E-state index is 0. The molecule has 0 bridgehead atoms. The molecule has 0 N–H and O–H groups in total. The molecule has 0 unspecified atom stereocenters. The lowest BCUT2D eigenvalue weighted by Crippen LogP contribution is -3.00. The van der Waals surface area contributed by atoms with E-state index >= 15 is 0 Å². The Morgan fingerprint density at radius 3 is 1.23 bits per heavy atom. The average Bonchev–Trinajstić information content (AvgIpc) is 2.95. The van der Waals surface area contributed by atoms with Crippen molar-refractivity contribution in [2.75, 3.05) is 28.4 Å². The Hall–Kier alpha value is -2.86. The highest BCUT2D eigenvalue weighted by Crippen LogP contribution is 2.35. The number of pyridine rings is 2. The van der Waals surface area contributed by atoms with Crippen molar-refractivity contribution in [2.45, 2.75) is 12.8 Å². The zero-order valence-electron chi connectivity index (χ0n) is 23.6. The first-order valence-electron chi connectivity index (χ1n) is 12.6. The molecule has 210 valence electrons. The number of benzene rings is 3. The maximum absolute atomic E-state index is 5.63. The van der Waals surface area contributed by atoms with Gasteiger partial charge >= 0.3 is 0 Å². The van der Waals surface area contributed by atoms with Gasteiger partial charge in [-0.1, -0.05) is 24.3 Å². The van der Waals surface area contributed by atoms with E-state index in [1.807, 2.05) is 12.1 Å². The molecular formula is C32H34I2N2O4. The van der Waals surface area contributed by atoms with Gasteiger partial charge in [0.05, 0.1) is 52.1 Å². The third kappa shape index (κ3) is 6.07. The van der Waals surface area contributed by atoms with Crippen LogP contribution in [0.2, 0.25) is 0 Å². The van der Waals surface area contributed by atoms with Crippen molar-refractivity contribution < 1.29 is 76.0 Å². The number of fused-ring (bicyclic) bond motifs is 2. The fourth-order valence-corrected chi connectivity index (χ4v) is 5.21. The number of nitrogens with zero attached hydrogens (tertiary/aromatic N) is 2. The minimum atomic E-state index is 0. The maximum Gasteiger partial charge on any atom is 0.193 e. The van der Waals surface area contributed by atoms with E-state index in [1.54, 1.807) is 28.4 Å². The molecule has 2 aromatic heterocycles. The number of hydrogen-bond acceptors (Lipinski definition) is 4. The lowest BCUT2D eigenvalue weighted by atomic mass is 9.95. The fourth-order valence-electron chi connectivity index (χ4n) is 5.21. The van der Waals surface area contributed by atoms with Crippen LogP contribution in [0.3, 0.4) is 0 Å². The van der Waals surface area contributed by atoms with Gasteiger partial charge in [-0.25, -0.2) is 9.13 Å². The number of hydrogen-bond donors (Lipinski definition) is 0. The van der Waals surface area contributed by atoms with Crippen molar-refractivity contribution in [3.63, 3.8) is 0 Å². The number of ether oxygens (including phenoxy) is 4. The molecule has 0 aliphatic heterocycles. The number of aromatic nitrogens is 2. The molecule has 40 heavy (non-hydrogen) atoms. The summed E-state index contributed by atoms with van der Waals surface area (Å²) in [5.41, 5.74) is 4.99. The summed E-state index contributed by atoms with van der Waals surface area (Å²) in [6.07, 6.45) is 5.78. The first-order valence-corrected chi connectivity index (χ1v) is 12.6. The lowest BCUT2D eigenvalue weighted by Gasteiger charge is -2.13. The molecule has 3 aromatic carbocycles. The van der Waals surface area contributed by atoms with Gasteiger partial charge in [0.2, 0.25) is 0 Å². The van der Waals surface area contributed by atoms with Gasteiger partial charge in [0.15, 0.2) is 46.8 Å². The molecule has 0 aliphatic rings. The second kappa shape index (κ2) is 13.7. The van der Waals surface area contributed by atoms with Crippen LogP contribution in [-0.2, 0) is 26.9 Å². The number of methoxy groups -OCH3 is 4. The van der Waals surface area contributed by atoms with Crippen LogP contribution >= 0.6 is 0 Å². The Balaban J connectivity index is 0.00000220. The molecule has 2 heterocycles. The molecule has 0 fully saturated rings. The second-order valence-corrected chi connectivity index (χ2v) is 9.46. The van der Waals surface area contributed by atoms with Crippen molar-refractivity contribution in [3.8, 4) is 23.0 Å². The topological polar surface area (TPSA) is 44.7 Å². The summed E-state index contributed by atoms with van der Waals surface area (Å²) in [6, 6.07) is 21.2. The van der Waals surface area contributed by atoms with Crippen LogP contribution in [0.15, 0.2) is 73.1 Å². The van der Waals surface area contributed by atoms with Crippen molar-refractivity contribution in [1.29, 1.82) is 0 Å². The molecule has 8 heteroatoms. The highest BCUT2D eigenvalue weighted by Gasteiger charge is 2.21. The minimum Gasteiger partial charge on any atom is -1.00 e. The van der Waals surface area contributed by atoms with Crippen LogP contribution in [0.5, 0.6) is 23.0 Å². The normalized spacial score (nSPS) is 10.6. The second-order valence-electron chi connectivity index (χ2n) is 9.46.